The first-order chi connectivity index (χ1) is 12.2. The van der Waals surface area contributed by atoms with E-state index in [2.05, 4.69) is 49.5 Å². The quantitative estimate of drug-likeness (QED) is 0.644. The molecule has 3 heterocycles. The maximum absolute atomic E-state index is 6.14. The molecular formula is C18H18BrClN4O. The molecule has 0 saturated carbocycles. The summed E-state index contributed by atoms with van der Waals surface area (Å²) in [7, 11) is 0. The predicted molar refractivity (Wildman–Crippen MR) is 102 cm³/mol. The zero-order chi connectivity index (χ0) is 17.2. The predicted octanol–water partition coefficient (Wildman–Crippen LogP) is 5.00. The minimum atomic E-state index is 0.0885. The number of halogens is 2. The molecule has 4 rings (SSSR count). The molecule has 130 valence electrons. The third kappa shape index (κ3) is 3.52. The van der Waals surface area contributed by atoms with Crippen molar-refractivity contribution in [2.45, 2.75) is 31.9 Å². The fraction of sp³-hybridized carbons (Fsp3) is 0.333. The molecule has 1 fully saturated rings. The van der Waals surface area contributed by atoms with Crippen molar-refractivity contribution in [1.82, 2.24) is 14.6 Å². The van der Waals surface area contributed by atoms with Gasteiger partial charge >= 0.3 is 0 Å². The molecule has 0 amide bonds. The Labute approximate surface area is 159 Å². The van der Waals surface area contributed by atoms with E-state index in [1.54, 1.807) is 4.52 Å². The number of nitrogens with zero attached hydrogens (tertiary/aromatic N) is 3. The van der Waals surface area contributed by atoms with Crippen LogP contribution in [-0.4, -0.2) is 21.2 Å². The van der Waals surface area contributed by atoms with Gasteiger partial charge in [-0.05, 0) is 58.4 Å². The molecule has 2 aromatic heterocycles. The number of hydrogen-bond acceptors (Lipinski definition) is 4. The van der Waals surface area contributed by atoms with E-state index in [1.165, 1.54) is 12.0 Å². The minimum absolute atomic E-state index is 0.0885. The second kappa shape index (κ2) is 7.32. The summed E-state index contributed by atoms with van der Waals surface area (Å²) in [5, 5.41) is 7.91. The molecule has 3 aromatic rings. The lowest BCUT2D eigenvalue weighted by atomic mass is 10.0. The molecule has 0 radical (unpaired) electrons. The van der Waals surface area contributed by atoms with E-state index in [4.69, 9.17) is 16.3 Å². The lowest BCUT2D eigenvalue weighted by Gasteiger charge is -2.22. The summed E-state index contributed by atoms with van der Waals surface area (Å²) in [4.78, 5) is 4.38. The van der Waals surface area contributed by atoms with E-state index in [9.17, 15) is 0 Å². The van der Waals surface area contributed by atoms with Crippen molar-refractivity contribution < 1.29 is 4.74 Å². The van der Waals surface area contributed by atoms with Gasteiger partial charge in [-0.2, -0.15) is 4.98 Å². The molecule has 0 aliphatic carbocycles. The van der Waals surface area contributed by atoms with Crippen LogP contribution in [0.1, 0.15) is 36.5 Å². The van der Waals surface area contributed by atoms with Gasteiger partial charge in [-0.15, -0.1) is 5.10 Å². The van der Waals surface area contributed by atoms with Gasteiger partial charge in [-0.1, -0.05) is 30.3 Å². The number of nitrogens with one attached hydrogen (secondary N) is 1. The van der Waals surface area contributed by atoms with Crippen LogP contribution in [0.5, 0.6) is 0 Å². The van der Waals surface area contributed by atoms with Crippen LogP contribution in [0.15, 0.2) is 41.0 Å². The highest BCUT2D eigenvalue weighted by Gasteiger charge is 2.23. The van der Waals surface area contributed by atoms with E-state index in [1.807, 2.05) is 18.2 Å². The standard InChI is InChI=1S/C18H18BrClN4O/c19-16-13(15-8-4-5-9-25-15)10-14-17(22-18(20)23-24(14)16)21-11-12-6-2-1-3-7-12/h1-3,6-7,10,15H,4-5,8-9,11H2,(H,21,22,23). The molecule has 0 bridgehead atoms. The molecule has 0 spiro atoms. The van der Waals surface area contributed by atoms with Crippen molar-refractivity contribution in [3.05, 3.63) is 57.4 Å². The third-order valence-corrected chi connectivity index (χ3v) is 5.36. The molecule has 1 aliphatic heterocycles. The summed E-state index contributed by atoms with van der Waals surface area (Å²) in [6, 6.07) is 12.3. The Hall–Kier alpha value is -1.63. The van der Waals surface area contributed by atoms with Crippen LogP contribution in [0, 0.1) is 0 Å². The maximum Gasteiger partial charge on any atom is 0.243 e. The normalized spacial score (nSPS) is 17.8. The SMILES string of the molecule is Clc1nc(NCc2ccccc2)c2cc(C3CCCCO3)c(Br)n2n1. The maximum atomic E-state index is 6.14. The van der Waals surface area contributed by atoms with Gasteiger partial charge in [-0.25, -0.2) is 4.52 Å². The molecule has 1 aliphatic rings. The lowest BCUT2D eigenvalue weighted by Crippen LogP contribution is -2.11. The molecule has 1 saturated heterocycles. The fourth-order valence-corrected chi connectivity index (χ4v) is 3.94. The summed E-state index contributed by atoms with van der Waals surface area (Å²) >= 11 is 9.80. The number of hydrogen-bond donors (Lipinski definition) is 1. The number of ether oxygens (including phenoxy) is 1. The summed E-state index contributed by atoms with van der Waals surface area (Å²) in [6.07, 6.45) is 3.40. The van der Waals surface area contributed by atoms with Gasteiger partial charge in [0.2, 0.25) is 5.28 Å². The molecule has 1 N–H and O–H groups in total. The third-order valence-electron chi connectivity index (χ3n) is 4.40. The summed E-state index contributed by atoms with van der Waals surface area (Å²) in [5.41, 5.74) is 3.16. The van der Waals surface area contributed by atoms with E-state index in [0.717, 1.165) is 35.1 Å². The van der Waals surface area contributed by atoms with Gasteiger partial charge < -0.3 is 10.1 Å². The monoisotopic (exact) mass is 420 g/mol. The van der Waals surface area contributed by atoms with E-state index in [0.29, 0.717) is 12.4 Å². The van der Waals surface area contributed by atoms with Crippen LogP contribution in [-0.2, 0) is 11.3 Å². The van der Waals surface area contributed by atoms with E-state index >= 15 is 0 Å². The minimum Gasteiger partial charge on any atom is -0.373 e. The second-order valence-corrected chi connectivity index (χ2v) is 7.20. The fourth-order valence-electron chi connectivity index (χ4n) is 3.14. The number of fused-ring (bicyclic) bond motifs is 1. The zero-order valence-corrected chi connectivity index (χ0v) is 15.9. The van der Waals surface area contributed by atoms with Gasteiger partial charge in [0.15, 0.2) is 5.82 Å². The first kappa shape index (κ1) is 16.8. The van der Waals surface area contributed by atoms with Crippen LogP contribution in [0.2, 0.25) is 5.28 Å². The van der Waals surface area contributed by atoms with Crippen molar-refractivity contribution in [1.29, 1.82) is 0 Å². The van der Waals surface area contributed by atoms with Gasteiger partial charge in [0, 0.05) is 18.7 Å². The van der Waals surface area contributed by atoms with Crippen molar-refractivity contribution in [3.63, 3.8) is 0 Å². The summed E-state index contributed by atoms with van der Waals surface area (Å²) < 4.78 is 8.59. The van der Waals surface area contributed by atoms with E-state index in [-0.39, 0.29) is 11.4 Å². The largest absolute Gasteiger partial charge is 0.373 e. The molecule has 7 heteroatoms. The molecule has 1 unspecified atom stereocenters. The highest BCUT2D eigenvalue weighted by atomic mass is 79.9. The molecule has 25 heavy (non-hydrogen) atoms. The van der Waals surface area contributed by atoms with E-state index < -0.39 is 0 Å². The Morgan fingerprint density at radius 3 is 2.88 bits per heavy atom. The Balaban J connectivity index is 1.68. The van der Waals surface area contributed by atoms with Crippen molar-refractivity contribution in [2.75, 3.05) is 11.9 Å². The van der Waals surface area contributed by atoms with Crippen molar-refractivity contribution >= 4 is 38.9 Å². The zero-order valence-electron chi connectivity index (χ0n) is 13.6. The van der Waals surface area contributed by atoms with Crippen molar-refractivity contribution in [2.24, 2.45) is 0 Å². The number of anilines is 1. The average Bonchev–Trinajstić information content (AvgIpc) is 2.98. The average molecular weight is 422 g/mol. The molecule has 1 atom stereocenters. The number of benzene rings is 1. The van der Waals surface area contributed by atoms with Crippen LogP contribution < -0.4 is 5.32 Å². The second-order valence-electron chi connectivity index (χ2n) is 6.11. The van der Waals surface area contributed by atoms with Gasteiger partial charge in [-0.3, -0.25) is 0 Å². The Kier molecular flexibility index (Phi) is 4.92. The Morgan fingerprint density at radius 1 is 1.28 bits per heavy atom. The van der Waals surface area contributed by atoms with Gasteiger partial charge in [0.25, 0.3) is 0 Å². The lowest BCUT2D eigenvalue weighted by molar-refractivity contribution is 0.0145. The smallest absolute Gasteiger partial charge is 0.243 e. The summed E-state index contributed by atoms with van der Waals surface area (Å²) in [6.45, 7) is 1.47. The Bertz CT molecular complexity index is 878. The first-order valence-electron chi connectivity index (χ1n) is 8.36. The van der Waals surface area contributed by atoms with Crippen molar-refractivity contribution in [3.8, 4) is 0 Å². The van der Waals surface area contributed by atoms with Crippen LogP contribution in [0.4, 0.5) is 5.82 Å². The highest BCUT2D eigenvalue weighted by molar-refractivity contribution is 9.10. The highest BCUT2D eigenvalue weighted by Crippen LogP contribution is 2.36. The molecule has 5 nitrogen and oxygen atoms in total. The van der Waals surface area contributed by atoms with Gasteiger partial charge in [0.05, 0.1) is 6.10 Å². The number of aromatic nitrogens is 3. The molecular weight excluding hydrogens is 404 g/mol. The van der Waals surface area contributed by atoms with Crippen LogP contribution >= 0.6 is 27.5 Å². The molecule has 1 aromatic carbocycles. The Morgan fingerprint density at radius 2 is 2.12 bits per heavy atom. The first-order valence-corrected chi connectivity index (χ1v) is 9.53. The van der Waals surface area contributed by atoms with Gasteiger partial charge in [0.1, 0.15) is 10.1 Å². The van der Waals surface area contributed by atoms with Crippen LogP contribution in [0.25, 0.3) is 5.52 Å². The number of rotatable bonds is 4. The van der Waals surface area contributed by atoms with Crippen LogP contribution in [0.3, 0.4) is 0 Å². The topological polar surface area (TPSA) is 51.5 Å². The summed E-state index contributed by atoms with van der Waals surface area (Å²) in [5.74, 6) is 0.714.